The van der Waals surface area contributed by atoms with Crippen LogP contribution in [0.25, 0.3) is 0 Å². The number of rotatable bonds is 5. The molecule has 2 rings (SSSR count). The van der Waals surface area contributed by atoms with E-state index in [4.69, 9.17) is 0 Å². The van der Waals surface area contributed by atoms with Crippen LogP contribution in [0.1, 0.15) is 64.7 Å². The van der Waals surface area contributed by atoms with Gasteiger partial charge in [-0.2, -0.15) is 0 Å². The van der Waals surface area contributed by atoms with Crippen molar-refractivity contribution >= 4 is 0 Å². The molecule has 0 spiro atoms. The number of hydrogen-bond acceptors (Lipinski definition) is 1. The van der Waals surface area contributed by atoms with Crippen molar-refractivity contribution in [3.8, 4) is 0 Å². The molecule has 2 aliphatic rings. The van der Waals surface area contributed by atoms with Crippen LogP contribution in [0, 0.1) is 11.3 Å². The van der Waals surface area contributed by atoms with Gasteiger partial charge in [0.2, 0.25) is 0 Å². The lowest BCUT2D eigenvalue weighted by Crippen LogP contribution is -2.46. The van der Waals surface area contributed by atoms with E-state index in [-0.39, 0.29) is 0 Å². The van der Waals surface area contributed by atoms with Crippen molar-refractivity contribution in [1.82, 2.24) is 5.32 Å². The zero-order valence-corrected chi connectivity index (χ0v) is 10.4. The molecule has 1 heteroatoms. The molecule has 88 valence electrons. The Morgan fingerprint density at radius 2 is 1.80 bits per heavy atom. The van der Waals surface area contributed by atoms with Gasteiger partial charge in [-0.05, 0) is 50.0 Å². The standard InChI is InChI=1S/C14H27N/c1-2-11-15-12-14(9-6-10-14)13-7-4-3-5-8-13/h13,15H,2-12H2,1H3. The molecule has 15 heavy (non-hydrogen) atoms. The third-order valence-corrected chi connectivity index (χ3v) is 4.72. The van der Waals surface area contributed by atoms with Crippen molar-refractivity contribution < 1.29 is 0 Å². The Kier molecular flexibility index (Phi) is 4.07. The molecule has 1 N–H and O–H groups in total. The van der Waals surface area contributed by atoms with Gasteiger partial charge < -0.3 is 5.32 Å². The fourth-order valence-corrected chi connectivity index (χ4v) is 3.59. The van der Waals surface area contributed by atoms with Gasteiger partial charge >= 0.3 is 0 Å². The lowest BCUT2D eigenvalue weighted by atomic mass is 9.57. The van der Waals surface area contributed by atoms with E-state index in [1.54, 1.807) is 0 Å². The van der Waals surface area contributed by atoms with E-state index < -0.39 is 0 Å². The van der Waals surface area contributed by atoms with Gasteiger partial charge in [0.1, 0.15) is 0 Å². The Balaban J connectivity index is 1.83. The molecule has 0 unspecified atom stereocenters. The quantitative estimate of drug-likeness (QED) is 0.680. The fraction of sp³-hybridized carbons (Fsp3) is 1.00. The van der Waals surface area contributed by atoms with Crippen LogP contribution in [-0.2, 0) is 0 Å². The molecule has 0 aromatic heterocycles. The van der Waals surface area contributed by atoms with Gasteiger partial charge in [0.25, 0.3) is 0 Å². The Labute approximate surface area is 95.0 Å². The summed E-state index contributed by atoms with van der Waals surface area (Å²) in [6, 6.07) is 0. The normalized spacial score (nSPS) is 26.2. The van der Waals surface area contributed by atoms with E-state index in [1.807, 2.05) is 0 Å². The minimum Gasteiger partial charge on any atom is -0.316 e. The van der Waals surface area contributed by atoms with Crippen LogP contribution in [0.4, 0.5) is 0 Å². The van der Waals surface area contributed by atoms with E-state index in [9.17, 15) is 0 Å². The van der Waals surface area contributed by atoms with Crippen LogP contribution in [0.3, 0.4) is 0 Å². The first-order chi connectivity index (χ1) is 7.37. The average molecular weight is 209 g/mol. The molecule has 1 nitrogen and oxygen atoms in total. The smallest absolute Gasteiger partial charge is 0.00105 e. The van der Waals surface area contributed by atoms with E-state index >= 15 is 0 Å². The molecule has 0 aliphatic heterocycles. The maximum absolute atomic E-state index is 3.68. The largest absolute Gasteiger partial charge is 0.316 e. The van der Waals surface area contributed by atoms with Gasteiger partial charge in [0.15, 0.2) is 0 Å². The summed E-state index contributed by atoms with van der Waals surface area (Å²) < 4.78 is 0. The topological polar surface area (TPSA) is 12.0 Å². The van der Waals surface area contributed by atoms with Crippen molar-refractivity contribution in [3.63, 3.8) is 0 Å². The molecular formula is C14H27N. The second-order valence-corrected chi connectivity index (χ2v) is 5.73. The van der Waals surface area contributed by atoms with Crippen molar-refractivity contribution in [1.29, 1.82) is 0 Å². The van der Waals surface area contributed by atoms with Gasteiger partial charge in [0.05, 0.1) is 0 Å². The first-order valence-corrected chi connectivity index (χ1v) is 7.08. The highest BCUT2D eigenvalue weighted by molar-refractivity contribution is 4.95. The number of hydrogen-bond donors (Lipinski definition) is 1. The molecule has 2 fully saturated rings. The zero-order valence-electron chi connectivity index (χ0n) is 10.4. The zero-order chi connectivity index (χ0) is 10.6. The molecule has 0 radical (unpaired) electrons. The van der Waals surface area contributed by atoms with Crippen LogP contribution < -0.4 is 5.32 Å². The summed E-state index contributed by atoms with van der Waals surface area (Å²) in [6.07, 6.45) is 13.3. The number of nitrogens with one attached hydrogen (secondary N) is 1. The Bertz CT molecular complexity index is 178. The third-order valence-electron chi connectivity index (χ3n) is 4.72. The predicted molar refractivity (Wildman–Crippen MR) is 66.0 cm³/mol. The average Bonchev–Trinajstić information content (AvgIpc) is 2.23. The predicted octanol–water partition coefficient (Wildman–Crippen LogP) is 3.74. The summed E-state index contributed by atoms with van der Waals surface area (Å²) in [5.74, 6) is 1.06. The Morgan fingerprint density at radius 1 is 1.07 bits per heavy atom. The Morgan fingerprint density at radius 3 is 2.33 bits per heavy atom. The van der Waals surface area contributed by atoms with Crippen LogP contribution in [0.2, 0.25) is 0 Å². The second-order valence-electron chi connectivity index (χ2n) is 5.73. The monoisotopic (exact) mass is 209 g/mol. The molecule has 2 saturated carbocycles. The minimum absolute atomic E-state index is 0.732. The van der Waals surface area contributed by atoms with Gasteiger partial charge in [0, 0.05) is 6.54 Å². The first kappa shape index (κ1) is 11.4. The van der Waals surface area contributed by atoms with Crippen molar-refractivity contribution in [2.24, 2.45) is 11.3 Å². The molecule has 0 bridgehead atoms. The van der Waals surface area contributed by atoms with Gasteiger partial charge in [-0.15, -0.1) is 0 Å². The molecule has 0 aromatic carbocycles. The molecule has 0 heterocycles. The lowest BCUT2D eigenvalue weighted by Gasteiger charge is -2.49. The molecule has 0 atom stereocenters. The Hall–Kier alpha value is -0.0400. The summed E-state index contributed by atoms with van der Waals surface area (Å²) >= 11 is 0. The van der Waals surface area contributed by atoms with E-state index in [0.717, 1.165) is 11.3 Å². The molecule has 2 aliphatic carbocycles. The highest BCUT2D eigenvalue weighted by Gasteiger charge is 2.43. The van der Waals surface area contributed by atoms with E-state index in [2.05, 4.69) is 12.2 Å². The summed E-state index contributed by atoms with van der Waals surface area (Å²) in [4.78, 5) is 0. The van der Waals surface area contributed by atoms with Crippen LogP contribution in [-0.4, -0.2) is 13.1 Å². The van der Waals surface area contributed by atoms with Crippen LogP contribution in [0.15, 0.2) is 0 Å². The molecule has 0 amide bonds. The summed E-state index contributed by atoms with van der Waals surface area (Å²) in [7, 11) is 0. The van der Waals surface area contributed by atoms with Crippen molar-refractivity contribution in [2.45, 2.75) is 64.7 Å². The van der Waals surface area contributed by atoms with E-state index in [0.29, 0.717) is 0 Å². The van der Waals surface area contributed by atoms with Gasteiger partial charge in [-0.1, -0.05) is 32.6 Å². The van der Waals surface area contributed by atoms with Crippen molar-refractivity contribution in [2.75, 3.05) is 13.1 Å². The minimum atomic E-state index is 0.732. The summed E-state index contributed by atoms with van der Waals surface area (Å²) in [5.41, 5.74) is 0.732. The van der Waals surface area contributed by atoms with Crippen molar-refractivity contribution in [3.05, 3.63) is 0 Å². The fourth-order valence-electron chi connectivity index (χ4n) is 3.59. The second kappa shape index (κ2) is 5.34. The summed E-state index contributed by atoms with van der Waals surface area (Å²) in [6.45, 7) is 4.79. The molecular weight excluding hydrogens is 182 g/mol. The highest BCUT2D eigenvalue weighted by Crippen LogP contribution is 2.51. The van der Waals surface area contributed by atoms with Crippen LogP contribution >= 0.6 is 0 Å². The van der Waals surface area contributed by atoms with E-state index in [1.165, 1.54) is 70.9 Å². The van der Waals surface area contributed by atoms with Gasteiger partial charge in [-0.3, -0.25) is 0 Å². The van der Waals surface area contributed by atoms with Crippen LogP contribution in [0.5, 0.6) is 0 Å². The third kappa shape index (κ3) is 2.55. The molecule has 0 aromatic rings. The SMILES string of the molecule is CCCNCC1(C2CCCCC2)CCC1. The molecule has 0 saturated heterocycles. The highest BCUT2D eigenvalue weighted by atomic mass is 14.9. The maximum atomic E-state index is 3.68. The first-order valence-electron chi connectivity index (χ1n) is 7.08. The lowest BCUT2D eigenvalue weighted by molar-refractivity contribution is 0.0264. The summed E-state index contributed by atoms with van der Waals surface area (Å²) in [5, 5.41) is 3.68. The van der Waals surface area contributed by atoms with Gasteiger partial charge in [-0.25, -0.2) is 0 Å². The maximum Gasteiger partial charge on any atom is 0.00105 e.